The molecule has 19 heavy (non-hydrogen) atoms. The molecule has 0 heterocycles. The smallest absolute Gasteiger partial charge is 0.0198 e. The second-order valence-corrected chi connectivity index (χ2v) is 5.59. The minimum atomic E-state index is 1.10. The third-order valence-electron chi connectivity index (χ3n) is 4.04. The number of hydrogen-bond acceptors (Lipinski definition) is 0. The summed E-state index contributed by atoms with van der Waals surface area (Å²) >= 11 is 0. The molecule has 4 aliphatic carbocycles. The predicted molar refractivity (Wildman–Crippen MR) is 82.4 cm³/mol. The molecule has 6 rings (SSSR count). The number of hydrogen-bond donors (Lipinski definition) is 0. The van der Waals surface area contributed by atoms with E-state index in [9.17, 15) is 0 Å². The average Bonchev–Trinajstić information content (AvgIpc) is 2.41. The molecule has 0 N–H and O–H groups in total. The normalized spacial score (nSPS) is 13.9. The van der Waals surface area contributed by atoms with Gasteiger partial charge in [0.25, 0.3) is 0 Å². The molecule has 0 heteroatoms. The van der Waals surface area contributed by atoms with Gasteiger partial charge in [0, 0.05) is 0 Å². The molecule has 0 atom stereocenters. The van der Waals surface area contributed by atoms with Crippen LogP contribution in [0, 0.1) is 0 Å². The molecule has 4 bridgehead atoms. The van der Waals surface area contributed by atoms with Gasteiger partial charge in [-0.15, -0.1) is 0 Å². The Morgan fingerprint density at radius 1 is 0.789 bits per heavy atom. The molecular formula is C19H20. The van der Waals surface area contributed by atoms with Crippen molar-refractivity contribution in [1.82, 2.24) is 0 Å². The van der Waals surface area contributed by atoms with Gasteiger partial charge in [0.15, 0.2) is 0 Å². The minimum Gasteiger partial charge on any atom is -0.0955 e. The van der Waals surface area contributed by atoms with Gasteiger partial charge in [0.2, 0.25) is 0 Å². The van der Waals surface area contributed by atoms with Crippen molar-refractivity contribution in [1.29, 1.82) is 0 Å². The van der Waals surface area contributed by atoms with Crippen LogP contribution >= 0.6 is 0 Å². The highest BCUT2D eigenvalue weighted by atomic mass is 14.1. The summed E-state index contributed by atoms with van der Waals surface area (Å²) in [6, 6.07) is 16.0. The Bertz CT molecular complexity index is 602. The first-order chi connectivity index (χ1) is 9.22. The lowest BCUT2D eigenvalue weighted by molar-refractivity contribution is 0.918. The number of aryl methyl sites for hydroxylation is 4. The molecule has 0 aliphatic heterocycles. The van der Waals surface area contributed by atoms with E-state index in [-0.39, 0.29) is 0 Å². The van der Waals surface area contributed by atoms with Crippen LogP contribution in [0.15, 0.2) is 49.0 Å². The second kappa shape index (κ2) is 5.05. The Morgan fingerprint density at radius 3 is 1.95 bits per heavy atom. The van der Waals surface area contributed by atoms with Crippen molar-refractivity contribution in [3.63, 3.8) is 0 Å². The number of rotatable bonds is 1. The minimum absolute atomic E-state index is 1.10. The maximum Gasteiger partial charge on any atom is -0.0198 e. The maximum absolute atomic E-state index is 4.14. The Hall–Kier alpha value is -1.82. The first kappa shape index (κ1) is 12.2. The van der Waals surface area contributed by atoms with Gasteiger partial charge in [-0.2, -0.15) is 0 Å². The molecule has 2 aromatic carbocycles. The fraction of sp³-hybridized carbons (Fsp3) is 0.263. The zero-order chi connectivity index (χ0) is 13.2. The van der Waals surface area contributed by atoms with E-state index in [1.165, 1.54) is 33.4 Å². The molecule has 96 valence electrons. The summed E-state index contributed by atoms with van der Waals surface area (Å²) < 4.78 is 0. The molecule has 0 saturated heterocycles. The standard InChI is InChI=1S/C19H20/c1-14(2)19-13-17-8-7-15-3-5-16(6-4-15)9-11-18(19)12-10-17/h3-6,10,12-13H,1,7-9,11H2,2H3. The average molecular weight is 248 g/mol. The van der Waals surface area contributed by atoms with Gasteiger partial charge in [-0.05, 0) is 60.4 Å². The van der Waals surface area contributed by atoms with Crippen LogP contribution in [0.5, 0.6) is 0 Å². The van der Waals surface area contributed by atoms with Gasteiger partial charge >= 0.3 is 0 Å². The summed E-state index contributed by atoms with van der Waals surface area (Å²) in [5.74, 6) is 0. The highest BCUT2D eigenvalue weighted by Crippen LogP contribution is 2.23. The Labute approximate surface area is 115 Å². The highest BCUT2D eigenvalue weighted by Gasteiger charge is 2.08. The van der Waals surface area contributed by atoms with Crippen LogP contribution < -0.4 is 0 Å². The third kappa shape index (κ3) is 2.63. The van der Waals surface area contributed by atoms with E-state index in [4.69, 9.17) is 0 Å². The Balaban J connectivity index is 2.03. The molecule has 0 unspecified atom stereocenters. The van der Waals surface area contributed by atoms with Crippen LogP contribution in [0.1, 0.15) is 34.7 Å². The molecule has 4 aliphatic rings. The fourth-order valence-electron chi connectivity index (χ4n) is 2.83. The van der Waals surface area contributed by atoms with Crippen molar-refractivity contribution in [2.45, 2.75) is 32.6 Å². The zero-order valence-electron chi connectivity index (χ0n) is 11.6. The summed E-state index contributed by atoms with van der Waals surface area (Å²) in [6.45, 7) is 6.25. The zero-order valence-corrected chi connectivity index (χ0v) is 11.6. The van der Waals surface area contributed by atoms with Crippen molar-refractivity contribution < 1.29 is 0 Å². The largest absolute Gasteiger partial charge is 0.0955 e. The van der Waals surface area contributed by atoms with Gasteiger partial charge in [-0.3, -0.25) is 0 Å². The van der Waals surface area contributed by atoms with Crippen molar-refractivity contribution in [3.8, 4) is 0 Å². The van der Waals surface area contributed by atoms with E-state index in [1.54, 1.807) is 0 Å². The first-order valence-corrected chi connectivity index (χ1v) is 7.08. The summed E-state index contributed by atoms with van der Waals surface area (Å²) in [7, 11) is 0. The van der Waals surface area contributed by atoms with E-state index in [2.05, 4.69) is 56.0 Å². The Kier molecular flexibility index (Phi) is 3.25. The van der Waals surface area contributed by atoms with Crippen LogP contribution in [0.4, 0.5) is 0 Å². The van der Waals surface area contributed by atoms with Crippen LogP contribution in [0.3, 0.4) is 0 Å². The molecule has 2 aromatic rings. The van der Waals surface area contributed by atoms with Crippen molar-refractivity contribution in [3.05, 3.63) is 76.9 Å². The van der Waals surface area contributed by atoms with Crippen LogP contribution in [0.2, 0.25) is 0 Å². The van der Waals surface area contributed by atoms with Crippen LogP contribution in [-0.2, 0) is 25.7 Å². The number of benzene rings is 2. The van der Waals surface area contributed by atoms with Gasteiger partial charge in [-0.1, -0.05) is 54.6 Å². The van der Waals surface area contributed by atoms with Crippen molar-refractivity contribution in [2.75, 3.05) is 0 Å². The molecule has 0 aromatic heterocycles. The SMILES string of the molecule is C=C(C)c1cc2ccc1CCc1ccc(cc1)CC2. The number of allylic oxidation sites excluding steroid dienone is 1. The van der Waals surface area contributed by atoms with E-state index < -0.39 is 0 Å². The molecule has 0 spiro atoms. The quantitative estimate of drug-likeness (QED) is 0.691. The van der Waals surface area contributed by atoms with E-state index in [1.807, 2.05) is 0 Å². The molecule has 0 radical (unpaired) electrons. The van der Waals surface area contributed by atoms with Crippen LogP contribution in [-0.4, -0.2) is 0 Å². The third-order valence-corrected chi connectivity index (χ3v) is 4.04. The fourth-order valence-corrected chi connectivity index (χ4v) is 2.83. The van der Waals surface area contributed by atoms with E-state index in [0.717, 1.165) is 25.7 Å². The van der Waals surface area contributed by atoms with E-state index in [0.29, 0.717) is 0 Å². The predicted octanol–water partition coefficient (Wildman–Crippen LogP) is 4.60. The van der Waals surface area contributed by atoms with E-state index >= 15 is 0 Å². The second-order valence-electron chi connectivity index (χ2n) is 5.59. The Morgan fingerprint density at radius 2 is 1.32 bits per heavy atom. The topological polar surface area (TPSA) is 0 Å². The summed E-state index contributed by atoms with van der Waals surface area (Å²) in [5, 5.41) is 0. The van der Waals surface area contributed by atoms with Crippen molar-refractivity contribution >= 4 is 5.57 Å². The van der Waals surface area contributed by atoms with Crippen molar-refractivity contribution in [2.24, 2.45) is 0 Å². The lowest BCUT2D eigenvalue weighted by Crippen LogP contribution is -2.01. The lowest BCUT2D eigenvalue weighted by atomic mass is 9.91. The molecule has 0 saturated carbocycles. The summed E-state index contributed by atoms with van der Waals surface area (Å²) in [5.41, 5.74) is 8.26. The lowest BCUT2D eigenvalue weighted by Gasteiger charge is -2.14. The molecular weight excluding hydrogens is 228 g/mol. The molecule has 0 nitrogen and oxygen atoms in total. The molecule has 0 fully saturated rings. The van der Waals surface area contributed by atoms with Gasteiger partial charge in [0.05, 0.1) is 0 Å². The maximum atomic E-state index is 4.14. The van der Waals surface area contributed by atoms with Gasteiger partial charge in [-0.25, -0.2) is 0 Å². The monoisotopic (exact) mass is 248 g/mol. The highest BCUT2D eigenvalue weighted by molar-refractivity contribution is 5.65. The van der Waals surface area contributed by atoms with Crippen LogP contribution in [0.25, 0.3) is 5.57 Å². The van der Waals surface area contributed by atoms with Gasteiger partial charge < -0.3 is 0 Å². The molecule has 0 amide bonds. The first-order valence-electron chi connectivity index (χ1n) is 7.08. The summed E-state index contributed by atoms with van der Waals surface area (Å²) in [4.78, 5) is 0. The van der Waals surface area contributed by atoms with Gasteiger partial charge in [0.1, 0.15) is 0 Å². The summed E-state index contributed by atoms with van der Waals surface area (Å²) in [6.07, 6.45) is 4.44.